The minimum Gasteiger partial charge on any atom is -0.448 e. The fourth-order valence-electron chi connectivity index (χ4n) is 4.41. The molecule has 0 spiro atoms. The second-order valence-corrected chi connectivity index (χ2v) is 11.9. The molecule has 2 aromatic heterocycles. The zero-order valence-corrected chi connectivity index (χ0v) is 24.7. The number of carbonyl (C=O) groups excluding carboxylic acids is 1. The van der Waals surface area contributed by atoms with Crippen LogP contribution in [0.1, 0.15) is 22.4 Å². The number of sulfonamides is 1. The van der Waals surface area contributed by atoms with Crippen LogP contribution >= 0.6 is 11.6 Å². The first-order valence-electron chi connectivity index (χ1n) is 12.9. The summed E-state index contributed by atoms with van der Waals surface area (Å²) in [5.74, 6) is 0.330. The van der Waals surface area contributed by atoms with E-state index in [-0.39, 0.29) is 23.4 Å². The van der Waals surface area contributed by atoms with Crippen molar-refractivity contribution in [2.75, 3.05) is 6.61 Å². The lowest BCUT2D eigenvalue weighted by molar-refractivity contribution is -0.137. The van der Waals surface area contributed by atoms with Gasteiger partial charge in [0.1, 0.15) is 5.69 Å². The lowest BCUT2D eigenvalue weighted by Crippen LogP contribution is -2.31. The normalized spacial score (nSPS) is 12.1. The van der Waals surface area contributed by atoms with Crippen LogP contribution in [0.15, 0.2) is 71.6 Å². The molecule has 0 aliphatic carbocycles. The molecule has 3 aromatic carbocycles. The van der Waals surface area contributed by atoms with Gasteiger partial charge in [0.15, 0.2) is 5.82 Å². The quantitative estimate of drug-likeness (QED) is 0.224. The predicted molar refractivity (Wildman–Crippen MR) is 155 cm³/mol. The van der Waals surface area contributed by atoms with E-state index < -0.39 is 32.9 Å². The van der Waals surface area contributed by atoms with Crippen LogP contribution in [0, 0.1) is 13.8 Å². The number of alkyl halides is 3. The van der Waals surface area contributed by atoms with Gasteiger partial charge < -0.3 is 4.74 Å². The van der Waals surface area contributed by atoms with E-state index in [1.807, 2.05) is 18.6 Å². The summed E-state index contributed by atoms with van der Waals surface area (Å²) in [5, 5.41) is 4.00. The Morgan fingerprint density at radius 2 is 1.70 bits per heavy atom. The third-order valence-corrected chi connectivity index (χ3v) is 8.40. The van der Waals surface area contributed by atoms with Crippen molar-refractivity contribution >= 4 is 38.8 Å². The topological polar surface area (TPSA) is 108 Å². The van der Waals surface area contributed by atoms with E-state index in [2.05, 4.69) is 10.1 Å². The maximum Gasteiger partial charge on any atom is 0.421 e. The second kappa shape index (κ2) is 11.4. The van der Waals surface area contributed by atoms with Gasteiger partial charge in [-0.25, -0.2) is 22.9 Å². The van der Waals surface area contributed by atoms with Crippen molar-refractivity contribution in [3.63, 3.8) is 0 Å². The summed E-state index contributed by atoms with van der Waals surface area (Å²) in [4.78, 5) is 16.6. The van der Waals surface area contributed by atoms with Gasteiger partial charge in [-0.1, -0.05) is 41.4 Å². The van der Waals surface area contributed by atoms with Gasteiger partial charge in [-0.2, -0.15) is 18.3 Å². The number of carbonyl (C=O) groups is 1. The Morgan fingerprint density at radius 1 is 1.02 bits per heavy atom. The molecule has 224 valence electrons. The standard InChI is InChI=1S/C29H25ClF3N5O4S/c1-17-4-10-21(11-5-17)43(40,41)36-28(39)42-13-12-19-6-8-20(9-7-19)38-26-16-23(30)22(29(31,32)33)15-24(26)34-27(38)25-14-18(2)37(3)35-25/h4-11,14-16H,12-13H2,1-3H3,(H,36,39). The van der Waals surface area contributed by atoms with Gasteiger partial charge in [-0.15, -0.1) is 0 Å². The lowest BCUT2D eigenvalue weighted by atomic mass is 10.1. The van der Waals surface area contributed by atoms with Gasteiger partial charge in [0, 0.05) is 24.8 Å². The van der Waals surface area contributed by atoms with Crippen molar-refractivity contribution in [2.45, 2.75) is 31.3 Å². The predicted octanol–water partition coefficient (Wildman–Crippen LogP) is 6.37. The van der Waals surface area contributed by atoms with Crippen LogP contribution in [0.2, 0.25) is 5.02 Å². The number of hydrogen-bond donors (Lipinski definition) is 1. The van der Waals surface area contributed by atoms with Gasteiger partial charge in [-0.3, -0.25) is 9.25 Å². The molecule has 43 heavy (non-hydrogen) atoms. The van der Waals surface area contributed by atoms with Gasteiger partial charge in [-0.05, 0) is 61.9 Å². The highest BCUT2D eigenvalue weighted by molar-refractivity contribution is 7.90. The van der Waals surface area contributed by atoms with Crippen molar-refractivity contribution in [3.05, 3.63) is 94.1 Å². The summed E-state index contributed by atoms with van der Waals surface area (Å²) in [6.45, 7) is 3.55. The zero-order chi connectivity index (χ0) is 31.1. The van der Waals surface area contributed by atoms with Crippen LogP contribution in [0.5, 0.6) is 0 Å². The monoisotopic (exact) mass is 631 g/mol. The largest absolute Gasteiger partial charge is 0.448 e. The summed E-state index contributed by atoms with van der Waals surface area (Å²) in [6, 6.07) is 16.9. The number of benzene rings is 3. The number of ether oxygens (including phenoxy) is 1. The molecule has 0 aliphatic rings. The van der Waals surface area contributed by atoms with Crippen LogP contribution in [0.25, 0.3) is 28.2 Å². The summed E-state index contributed by atoms with van der Waals surface area (Å²) in [6.07, 6.45) is -5.48. The van der Waals surface area contributed by atoms with Crippen LogP contribution in [0.4, 0.5) is 18.0 Å². The van der Waals surface area contributed by atoms with E-state index in [1.165, 1.54) is 18.2 Å². The Bertz CT molecular complexity index is 1910. The van der Waals surface area contributed by atoms with Crippen molar-refractivity contribution in [1.29, 1.82) is 0 Å². The fraction of sp³-hybridized carbons (Fsp3) is 0.207. The minimum atomic E-state index is -4.65. The van der Waals surface area contributed by atoms with E-state index in [4.69, 9.17) is 16.3 Å². The SMILES string of the molecule is Cc1ccc(S(=O)(=O)NC(=O)OCCc2ccc(-n3c(-c4cc(C)n(C)n4)nc4cc(C(F)(F)F)c(Cl)cc43)cc2)cc1. The molecule has 0 radical (unpaired) electrons. The first-order valence-corrected chi connectivity index (χ1v) is 14.7. The van der Waals surface area contributed by atoms with E-state index in [9.17, 15) is 26.4 Å². The summed E-state index contributed by atoms with van der Waals surface area (Å²) in [5.41, 5.74) is 2.98. The number of amides is 1. The molecule has 0 saturated carbocycles. The highest BCUT2D eigenvalue weighted by Crippen LogP contribution is 2.39. The molecule has 0 atom stereocenters. The molecular weight excluding hydrogens is 607 g/mol. The van der Waals surface area contributed by atoms with Crippen LogP contribution in [-0.2, 0) is 34.4 Å². The molecule has 1 amide bonds. The first kappa shape index (κ1) is 30.1. The molecule has 5 aromatic rings. The Balaban J connectivity index is 1.36. The average molecular weight is 632 g/mol. The number of hydrogen-bond acceptors (Lipinski definition) is 6. The fourth-order valence-corrected chi connectivity index (χ4v) is 5.56. The van der Waals surface area contributed by atoms with E-state index >= 15 is 0 Å². The molecule has 0 fully saturated rings. The number of halogens is 4. The van der Waals surface area contributed by atoms with Crippen LogP contribution in [-0.4, -0.2) is 40.4 Å². The smallest absolute Gasteiger partial charge is 0.421 e. The number of imidazole rings is 1. The molecule has 0 aliphatic heterocycles. The number of aryl methyl sites for hydroxylation is 3. The number of nitrogens with zero attached hydrogens (tertiary/aromatic N) is 4. The molecule has 5 rings (SSSR count). The zero-order valence-electron chi connectivity index (χ0n) is 23.1. The second-order valence-electron chi connectivity index (χ2n) is 9.85. The highest BCUT2D eigenvalue weighted by Gasteiger charge is 2.34. The molecule has 14 heteroatoms. The van der Waals surface area contributed by atoms with Gasteiger partial charge in [0.05, 0.1) is 33.1 Å². The van der Waals surface area contributed by atoms with E-state index in [1.54, 1.807) is 58.8 Å². The Morgan fingerprint density at radius 3 is 2.30 bits per heavy atom. The number of aromatic nitrogens is 4. The number of rotatable bonds is 7. The Kier molecular flexibility index (Phi) is 7.97. The molecule has 0 saturated heterocycles. The van der Waals surface area contributed by atoms with Gasteiger partial charge in [0.2, 0.25) is 0 Å². The summed E-state index contributed by atoms with van der Waals surface area (Å²) >= 11 is 6.06. The Hall–Kier alpha value is -4.36. The molecular formula is C29H25ClF3N5O4S. The van der Waals surface area contributed by atoms with Crippen LogP contribution < -0.4 is 4.72 Å². The van der Waals surface area contributed by atoms with Gasteiger partial charge in [0.25, 0.3) is 10.0 Å². The molecule has 9 nitrogen and oxygen atoms in total. The first-order chi connectivity index (χ1) is 20.2. The number of nitrogens with one attached hydrogen (secondary N) is 1. The van der Waals surface area contributed by atoms with E-state index in [0.29, 0.717) is 22.7 Å². The van der Waals surface area contributed by atoms with Crippen molar-refractivity contribution in [3.8, 4) is 17.2 Å². The third kappa shape index (κ3) is 6.37. The van der Waals surface area contributed by atoms with Crippen molar-refractivity contribution < 1.29 is 31.1 Å². The summed E-state index contributed by atoms with van der Waals surface area (Å²) < 4.78 is 75.7. The maximum absolute atomic E-state index is 13.6. The third-order valence-electron chi connectivity index (χ3n) is 6.76. The summed E-state index contributed by atoms with van der Waals surface area (Å²) in [7, 11) is -2.32. The lowest BCUT2D eigenvalue weighted by Gasteiger charge is -2.12. The Labute approximate surface area is 249 Å². The molecule has 0 unspecified atom stereocenters. The molecule has 0 bridgehead atoms. The molecule has 1 N–H and O–H groups in total. The van der Waals surface area contributed by atoms with Crippen molar-refractivity contribution in [2.24, 2.45) is 7.05 Å². The van der Waals surface area contributed by atoms with Gasteiger partial charge >= 0.3 is 12.3 Å². The van der Waals surface area contributed by atoms with Crippen LogP contribution in [0.3, 0.4) is 0 Å². The highest BCUT2D eigenvalue weighted by atomic mass is 35.5. The maximum atomic E-state index is 13.6. The average Bonchev–Trinajstić information content (AvgIpc) is 3.46. The minimum absolute atomic E-state index is 0.0613. The number of fused-ring (bicyclic) bond motifs is 1. The van der Waals surface area contributed by atoms with E-state index in [0.717, 1.165) is 22.9 Å². The molecule has 2 heterocycles. The van der Waals surface area contributed by atoms with Crippen molar-refractivity contribution in [1.82, 2.24) is 24.1 Å².